The molecule has 0 N–H and O–H groups in total. The van der Waals surface area contributed by atoms with Gasteiger partial charge in [-0.15, -0.1) is 0 Å². The Kier molecular flexibility index (Phi) is 2.86. The van der Waals surface area contributed by atoms with Crippen molar-refractivity contribution in [1.29, 1.82) is 0 Å². The molecule has 0 aliphatic rings. The molecule has 13 heavy (non-hydrogen) atoms. The first kappa shape index (κ1) is 9.97. The lowest BCUT2D eigenvalue weighted by molar-refractivity contribution is 0.112. The van der Waals surface area contributed by atoms with Crippen LogP contribution in [-0.2, 0) is 5.41 Å². The molecule has 0 aromatic heterocycles. The Balaban J connectivity index is 2.98. The molecule has 70 valence electrons. The lowest BCUT2D eigenvalue weighted by atomic mass is 9.82. The van der Waals surface area contributed by atoms with Gasteiger partial charge in [0.15, 0.2) is 0 Å². The van der Waals surface area contributed by atoms with E-state index in [9.17, 15) is 4.79 Å². The fourth-order valence-electron chi connectivity index (χ4n) is 1.22. The van der Waals surface area contributed by atoms with Gasteiger partial charge in [-0.1, -0.05) is 45.0 Å². The molecule has 1 nitrogen and oxygen atoms in total. The van der Waals surface area contributed by atoms with E-state index in [0.29, 0.717) is 0 Å². The van der Waals surface area contributed by atoms with Crippen LogP contribution in [0.25, 0.3) is 0 Å². The zero-order valence-electron chi connectivity index (χ0n) is 8.50. The molecule has 1 aromatic rings. The smallest absolute Gasteiger partial charge is 0.150 e. The summed E-state index contributed by atoms with van der Waals surface area (Å²) >= 11 is 0. The minimum Gasteiger partial charge on any atom is -0.298 e. The molecule has 0 heterocycles. The Hall–Kier alpha value is -1.11. The van der Waals surface area contributed by atoms with Crippen LogP contribution >= 0.6 is 0 Å². The van der Waals surface area contributed by atoms with Gasteiger partial charge in [0.05, 0.1) is 0 Å². The predicted molar refractivity (Wildman–Crippen MR) is 55.1 cm³/mol. The molecular weight excluding hydrogens is 160 g/mol. The fourth-order valence-corrected chi connectivity index (χ4v) is 1.22. The third-order valence-corrected chi connectivity index (χ3v) is 2.71. The standard InChI is InChI=1S/C12H16O/c1-4-12(2,3)11-7-5-10(9-13)6-8-11/h5-9H,4H2,1-3H3. The normalized spacial score (nSPS) is 11.3. The van der Waals surface area contributed by atoms with Crippen LogP contribution in [0, 0.1) is 0 Å². The molecule has 1 aromatic carbocycles. The van der Waals surface area contributed by atoms with E-state index in [1.165, 1.54) is 5.56 Å². The van der Waals surface area contributed by atoms with Crippen molar-refractivity contribution in [2.24, 2.45) is 0 Å². The first-order chi connectivity index (χ1) is 6.10. The van der Waals surface area contributed by atoms with Crippen LogP contribution in [0.4, 0.5) is 0 Å². The van der Waals surface area contributed by atoms with Crippen LogP contribution in [0.3, 0.4) is 0 Å². The SMILES string of the molecule is CCC(C)(C)c1ccc(C=O)cc1. The van der Waals surface area contributed by atoms with Gasteiger partial charge in [-0.25, -0.2) is 0 Å². The Labute approximate surface area is 79.8 Å². The van der Waals surface area contributed by atoms with Gasteiger partial charge < -0.3 is 0 Å². The Morgan fingerprint density at radius 3 is 2.15 bits per heavy atom. The van der Waals surface area contributed by atoms with Gasteiger partial charge in [0, 0.05) is 5.56 Å². The third-order valence-electron chi connectivity index (χ3n) is 2.71. The highest BCUT2D eigenvalue weighted by atomic mass is 16.1. The highest BCUT2D eigenvalue weighted by molar-refractivity contribution is 5.74. The molecule has 1 rings (SSSR count). The predicted octanol–water partition coefficient (Wildman–Crippen LogP) is 3.19. The van der Waals surface area contributed by atoms with Gasteiger partial charge in [-0.05, 0) is 17.4 Å². The number of aldehydes is 1. The van der Waals surface area contributed by atoms with Crippen molar-refractivity contribution < 1.29 is 4.79 Å². The number of rotatable bonds is 3. The highest BCUT2D eigenvalue weighted by Crippen LogP contribution is 2.26. The van der Waals surface area contributed by atoms with E-state index in [1.54, 1.807) is 0 Å². The van der Waals surface area contributed by atoms with Crippen molar-refractivity contribution in [1.82, 2.24) is 0 Å². The Morgan fingerprint density at radius 1 is 1.23 bits per heavy atom. The first-order valence-electron chi connectivity index (χ1n) is 4.66. The molecule has 0 unspecified atom stereocenters. The second-order valence-corrected chi connectivity index (χ2v) is 3.98. The minimum absolute atomic E-state index is 0.210. The second kappa shape index (κ2) is 3.73. The summed E-state index contributed by atoms with van der Waals surface area (Å²) in [6, 6.07) is 7.82. The summed E-state index contributed by atoms with van der Waals surface area (Å²) in [5, 5.41) is 0. The number of carbonyl (C=O) groups excluding carboxylic acids is 1. The molecule has 0 saturated carbocycles. The second-order valence-electron chi connectivity index (χ2n) is 3.98. The van der Waals surface area contributed by atoms with Crippen LogP contribution in [0.2, 0.25) is 0 Å². The molecule has 0 saturated heterocycles. The lowest BCUT2D eigenvalue weighted by Gasteiger charge is -2.23. The molecule has 0 fully saturated rings. The van der Waals surface area contributed by atoms with Crippen LogP contribution in [-0.4, -0.2) is 6.29 Å². The third kappa shape index (κ3) is 2.18. The van der Waals surface area contributed by atoms with Crippen LogP contribution < -0.4 is 0 Å². The van der Waals surface area contributed by atoms with Gasteiger partial charge >= 0.3 is 0 Å². The van der Waals surface area contributed by atoms with E-state index in [1.807, 2.05) is 24.3 Å². The molecule has 0 radical (unpaired) electrons. The number of carbonyl (C=O) groups is 1. The number of benzene rings is 1. The van der Waals surface area contributed by atoms with Gasteiger partial charge in [0.1, 0.15) is 6.29 Å². The largest absolute Gasteiger partial charge is 0.298 e. The molecule has 0 amide bonds. The highest BCUT2D eigenvalue weighted by Gasteiger charge is 2.17. The van der Waals surface area contributed by atoms with Crippen molar-refractivity contribution in [3.05, 3.63) is 35.4 Å². The van der Waals surface area contributed by atoms with E-state index in [-0.39, 0.29) is 5.41 Å². The molecule has 0 atom stereocenters. The molecule has 0 spiro atoms. The number of hydrogen-bond donors (Lipinski definition) is 0. The van der Waals surface area contributed by atoms with Crippen molar-refractivity contribution in [2.75, 3.05) is 0 Å². The minimum atomic E-state index is 0.210. The molecule has 0 aliphatic heterocycles. The fraction of sp³-hybridized carbons (Fsp3) is 0.417. The summed E-state index contributed by atoms with van der Waals surface area (Å²) in [7, 11) is 0. The maximum Gasteiger partial charge on any atom is 0.150 e. The van der Waals surface area contributed by atoms with Gasteiger partial charge in [0.2, 0.25) is 0 Å². The summed E-state index contributed by atoms with van der Waals surface area (Å²) in [4.78, 5) is 10.4. The van der Waals surface area contributed by atoms with Crippen LogP contribution in [0.15, 0.2) is 24.3 Å². The average Bonchev–Trinajstić information content (AvgIpc) is 2.18. The summed E-state index contributed by atoms with van der Waals surface area (Å²) in [5.74, 6) is 0. The van der Waals surface area contributed by atoms with E-state index < -0.39 is 0 Å². The van der Waals surface area contributed by atoms with Gasteiger partial charge in [-0.2, -0.15) is 0 Å². The maximum absolute atomic E-state index is 10.4. The van der Waals surface area contributed by atoms with E-state index in [0.717, 1.165) is 18.3 Å². The topological polar surface area (TPSA) is 17.1 Å². The maximum atomic E-state index is 10.4. The van der Waals surface area contributed by atoms with Gasteiger partial charge in [0.25, 0.3) is 0 Å². The molecule has 0 aliphatic carbocycles. The quantitative estimate of drug-likeness (QED) is 0.646. The number of hydrogen-bond acceptors (Lipinski definition) is 1. The molecule has 0 bridgehead atoms. The lowest BCUT2D eigenvalue weighted by Crippen LogP contribution is -2.15. The molecular formula is C12H16O. The van der Waals surface area contributed by atoms with Crippen molar-refractivity contribution >= 4 is 6.29 Å². The zero-order valence-corrected chi connectivity index (χ0v) is 8.50. The summed E-state index contributed by atoms with van der Waals surface area (Å²) in [5.41, 5.74) is 2.25. The van der Waals surface area contributed by atoms with E-state index in [2.05, 4.69) is 20.8 Å². The first-order valence-corrected chi connectivity index (χ1v) is 4.66. The van der Waals surface area contributed by atoms with E-state index >= 15 is 0 Å². The van der Waals surface area contributed by atoms with Crippen molar-refractivity contribution in [3.8, 4) is 0 Å². The van der Waals surface area contributed by atoms with Crippen molar-refractivity contribution in [3.63, 3.8) is 0 Å². The van der Waals surface area contributed by atoms with Crippen molar-refractivity contribution in [2.45, 2.75) is 32.6 Å². The summed E-state index contributed by atoms with van der Waals surface area (Å²) in [6.07, 6.45) is 1.98. The summed E-state index contributed by atoms with van der Waals surface area (Å²) < 4.78 is 0. The zero-order chi connectivity index (χ0) is 9.90. The van der Waals surface area contributed by atoms with Gasteiger partial charge in [-0.3, -0.25) is 4.79 Å². The van der Waals surface area contributed by atoms with Crippen LogP contribution in [0.1, 0.15) is 43.1 Å². The molecule has 1 heteroatoms. The monoisotopic (exact) mass is 176 g/mol. The average molecular weight is 176 g/mol. The summed E-state index contributed by atoms with van der Waals surface area (Å²) in [6.45, 7) is 6.60. The van der Waals surface area contributed by atoms with Crippen LogP contribution in [0.5, 0.6) is 0 Å². The Morgan fingerprint density at radius 2 is 1.77 bits per heavy atom. The Bertz CT molecular complexity index is 282. The van der Waals surface area contributed by atoms with E-state index in [4.69, 9.17) is 0 Å².